The quantitative estimate of drug-likeness (QED) is 0.218. The third-order valence-corrected chi connectivity index (χ3v) is 6.93. The molecule has 1 atom stereocenters. The van der Waals surface area contributed by atoms with Gasteiger partial charge in [0.05, 0.1) is 0 Å². The van der Waals surface area contributed by atoms with Crippen molar-refractivity contribution in [1.82, 2.24) is 5.32 Å². The van der Waals surface area contributed by atoms with Crippen LogP contribution in [0.3, 0.4) is 0 Å². The van der Waals surface area contributed by atoms with Gasteiger partial charge in [0, 0.05) is 29.1 Å². The Bertz CT molecular complexity index is 1730. The number of rotatable bonds is 6. The Morgan fingerprint density at radius 3 is 1.90 bits per heavy atom. The molecule has 39 heavy (non-hydrogen) atoms. The van der Waals surface area contributed by atoms with Crippen LogP contribution >= 0.6 is 0 Å². The van der Waals surface area contributed by atoms with Crippen molar-refractivity contribution in [2.45, 2.75) is 6.17 Å². The van der Waals surface area contributed by atoms with Gasteiger partial charge < -0.3 is 16.5 Å². The van der Waals surface area contributed by atoms with Crippen LogP contribution in [0.2, 0.25) is 0 Å². The van der Waals surface area contributed by atoms with Gasteiger partial charge >= 0.3 is 0 Å². The average Bonchev–Trinajstić information content (AvgIpc) is 3.02. The Morgan fingerprint density at radius 1 is 0.641 bits per heavy atom. The molecule has 6 rings (SSSR count). The van der Waals surface area contributed by atoms with E-state index in [1.54, 1.807) is 0 Å². The lowest BCUT2D eigenvalue weighted by molar-refractivity contribution is 0.756. The zero-order valence-electron chi connectivity index (χ0n) is 21.3. The van der Waals surface area contributed by atoms with E-state index in [-0.39, 0.29) is 6.17 Å². The molecule has 0 amide bonds. The van der Waals surface area contributed by atoms with Crippen molar-refractivity contribution >= 4 is 34.2 Å². The molecule has 0 aliphatic carbocycles. The summed E-state index contributed by atoms with van der Waals surface area (Å²) in [5.74, 6) is 1.59. The lowest BCUT2D eigenvalue weighted by Gasteiger charge is -2.23. The maximum absolute atomic E-state index is 7.58. The SMILES string of the molecule is N=CC(=CN)c1ccc(-c2ccc(C3=NC(c4ccccc4)N=C(c4ccccc4)N3)c3ccccc23)cc1. The molecule has 188 valence electrons. The number of nitrogens with one attached hydrogen (secondary N) is 2. The predicted octanol–water partition coefficient (Wildman–Crippen LogP) is 6.95. The summed E-state index contributed by atoms with van der Waals surface area (Å²) in [6, 6.07) is 41.2. The Kier molecular flexibility index (Phi) is 6.54. The highest BCUT2D eigenvalue weighted by Gasteiger charge is 2.22. The number of hydrogen-bond donors (Lipinski definition) is 3. The van der Waals surface area contributed by atoms with Crippen LogP contribution in [0.1, 0.15) is 28.4 Å². The van der Waals surface area contributed by atoms with E-state index in [9.17, 15) is 0 Å². The van der Waals surface area contributed by atoms with Crippen LogP contribution in [0.5, 0.6) is 0 Å². The minimum Gasteiger partial charge on any atom is -0.404 e. The molecule has 5 nitrogen and oxygen atoms in total. The molecule has 1 heterocycles. The monoisotopic (exact) mass is 505 g/mol. The molecule has 1 aliphatic heterocycles. The van der Waals surface area contributed by atoms with Gasteiger partial charge in [0.15, 0.2) is 6.17 Å². The van der Waals surface area contributed by atoms with Crippen LogP contribution in [-0.2, 0) is 0 Å². The summed E-state index contributed by atoms with van der Waals surface area (Å²) in [5.41, 5.74) is 12.6. The van der Waals surface area contributed by atoms with E-state index < -0.39 is 0 Å². The molecule has 0 bridgehead atoms. The van der Waals surface area contributed by atoms with Gasteiger partial charge in [-0.3, -0.25) is 0 Å². The normalized spacial score (nSPS) is 15.3. The predicted molar refractivity (Wildman–Crippen MR) is 162 cm³/mol. The fourth-order valence-corrected chi connectivity index (χ4v) is 4.93. The van der Waals surface area contributed by atoms with Gasteiger partial charge in [0.1, 0.15) is 11.7 Å². The van der Waals surface area contributed by atoms with Crippen molar-refractivity contribution in [3.05, 3.63) is 150 Å². The number of hydrogen-bond acceptors (Lipinski definition) is 5. The molecular formula is C34H27N5. The van der Waals surface area contributed by atoms with Crippen molar-refractivity contribution in [3.8, 4) is 11.1 Å². The van der Waals surface area contributed by atoms with Crippen LogP contribution in [0.4, 0.5) is 0 Å². The summed E-state index contributed by atoms with van der Waals surface area (Å²) in [5, 5.41) is 13.4. The highest BCUT2D eigenvalue weighted by Crippen LogP contribution is 2.33. The number of benzene rings is 5. The largest absolute Gasteiger partial charge is 0.404 e. The third kappa shape index (κ3) is 4.74. The molecule has 4 N–H and O–H groups in total. The standard InChI is InChI=1S/C34H27N5/c35-21-27(22-36)23-15-17-24(18-16-23)28-19-20-31(30-14-8-7-13-29(28)30)34-38-32(25-9-3-1-4-10-25)37-33(39-34)26-11-5-2-6-12-26/h1-22,32,35H,36H2,(H,37,38,39). The van der Waals surface area contributed by atoms with E-state index >= 15 is 0 Å². The summed E-state index contributed by atoms with van der Waals surface area (Å²) in [6.07, 6.45) is 2.38. The molecule has 1 aliphatic rings. The Hall–Kier alpha value is -5.29. The first kappa shape index (κ1) is 24.1. The summed E-state index contributed by atoms with van der Waals surface area (Å²) >= 11 is 0. The number of nitrogens with two attached hydrogens (primary N) is 1. The molecule has 0 radical (unpaired) electrons. The van der Waals surface area contributed by atoms with Crippen molar-refractivity contribution in [1.29, 1.82) is 5.41 Å². The summed E-state index contributed by atoms with van der Waals surface area (Å²) in [6.45, 7) is 0. The van der Waals surface area contributed by atoms with Crippen LogP contribution in [-0.4, -0.2) is 17.9 Å². The Balaban J connectivity index is 1.45. The zero-order chi connectivity index (χ0) is 26.6. The fraction of sp³-hybridized carbons (Fsp3) is 0.0294. The van der Waals surface area contributed by atoms with Crippen molar-refractivity contribution in [3.63, 3.8) is 0 Å². The second-order valence-corrected chi connectivity index (χ2v) is 9.28. The molecule has 5 heteroatoms. The van der Waals surface area contributed by atoms with Crippen LogP contribution in [0.15, 0.2) is 138 Å². The summed E-state index contributed by atoms with van der Waals surface area (Å²) in [7, 11) is 0. The zero-order valence-corrected chi connectivity index (χ0v) is 21.3. The van der Waals surface area contributed by atoms with Crippen molar-refractivity contribution < 1.29 is 0 Å². The number of aliphatic imine (C=N–C) groups is 2. The molecule has 0 saturated carbocycles. The highest BCUT2D eigenvalue weighted by atomic mass is 15.2. The van der Waals surface area contributed by atoms with E-state index in [2.05, 4.69) is 78.1 Å². The topological polar surface area (TPSA) is 86.6 Å². The van der Waals surface area contributed by atoms with Gasteiger partial charge in [0.25, 0.3) is 0 Å². The molecule has 5 aromatic rings. The number of nitrogens with zero attached hydrogens (tertiary/aromatic N) is 2. The molecular weight excluding hydrogens is 478 g/mol. The molecule has 0 aromatic heterocycles. The lowest BCUT2D eigenvalue weighted by Crippen LogP contribution is -2.36. The van der Waals surface area contributed by atoms with E-state index in [0.29, 0.717) is 5.57 Å². The van der Waals surface area contributed by atoms with Gasteiger partial charge in [-0.1, -0.05) is 121 Å². The second kappa shape index (κ2) is 10.6. The van der Waals surface area contributed by atoms with E-state index in [0.717, 1.165) is 55.8 Å². The molecule has 0 saturated heterocycles. The lowest BCUT2D eigenvalue weighted by atomic mass is 9.93. The summed E-state index contributed by atoms with van der Waals surface area (Å²) in [4.78, 5) is 10.0. The van der Waals surface area contributed by atoms with Crippen LogP contribution < -0.4 is 11.1 Å². The fourth-order valence-electron chi connectivity index (χ4n) is 4.93. The smallest absolute Gasteiger partial charge is 0.169 e. The van der Waals surface area contributed by atoms with Crippen molar-refractivity contribution in [2.75, 3.05) is 0 Å². The van der Waals surface area contributed by atoms with Gasteiger partial charge in [-0.2, -0.15) is 0 Å². The van der Waals surface area contributed by atoms with Gasteiger partial charge in [-0.05, 0) is 33.0 Å². The third-order valence-electron chi connectivity index (χ3n) is 6.93. The molecule has 1 unspecified atom stereocenters. The summed E-state index contributed by atoms with van der Waals surface area (Å²) < 4.78 is 0. The number of allylic oxidation sites excluding steroid dienone is 1. The number of fused-ring (bicyclic) bond motifs is 1. The van der Waals surface area contributed by atoms with E-state index in [1.807, 2.05) is 48.5 Å². The van der Waals surface area contributed by atoms with Gasteiger partial charge in [0.2, 0.25) is 0 Å². The van der Waals surface area contributed by atoms with Crippen LogP contribution in [0.25, 0.3) is 27.5 Å². The molecule has 0 fully saturated rings. The van der Waals surface area contributed by atoms with Crippen LogP contribution in [0, 0.1) is 5.41 Å². The maximum Gasteiger partial charge on any atom is 0.169 e. The van der Waals surface area contributed by atoms with Gasteiger partial charge in [-0.15, -0.1) is 0 Å². The first-order chi connectivity index (χ1) is 19.2. The molecule has 5 aromatic carbocycles. The molecule has 0 spiro atoms. The maximum atomic E-state index is 7.58. The van der Waals surface area contributed by atoms with E-state index in [1.165, 1.54) is 12.4 Å². The Labute approximate surface area is 227 Å². The van der Waals surface area contributed by atoms with E-state index in [4.69, 9.17) is 21.1 Å². The number of amidine groups is 2. The second-order valence-electron chi connectivity index (χ2n) is 9.28. The highest BCUT2D eigenvalue weighted by molar-refractivity contribution is 6.21. The average molecular weight is 506 g/mol. The minimum absolute atomic E-state index is 0.345. The first-order valence-electron chi connectivity index (χ1n) is 12.8. The first-order valence-corrected chi connectivity index (χ1v) is 12.8. The van der Waals surface area contributed by atoms with Gasteiger partial charge in [-0.25, -0.2) is 9.98 Å². The Morgan fingerprint density at radius 2 is 1.23 bits per heavy atom. The minimum atomic E-state index is -0.345. The van der Waals surface area contributed by atoms with Crippen molar-refractivity contribution in [2.24, 2.45) is 15.7 Å².